The van der Waals surface area contributed by atoms with E-state index in [9.17, 15) is 4.79 Å². The van der Waals surface area contributed by atoms with Gasteiger partial charge in [-0.25, -0.2) is 0 Å². The first-order chi connectivity index (χ1) is 15.0. The molecule has 2 heterocycles. The molecule has 0 aliphatic carbocycles. The second-order valence-electron chi connectivity index (χ2n) is 7.45. The van der Waals surface area contributed by atoms with E-state index in [0.29, 0.717) is 18.2 Å². The molecule has 2 aromatic carbocycles. The molecule has 4 aromatic rings. The van der Waals surface area contributed by atoms with Crippen molar-refractivity contribution in [2.24, 2.45) is 0 Å². The summed E-state index contributed by atoms with van der Waals surface area (Å²) in [5.41, 5.74) is 6.85. The number of anilines is 1. The Morgan fingerprint density at radius 1 is 1.16 bits per heavy atom. The highest BCUT2D eigenvalue weighted by Crippen LogP contribution is 2.38. The van der Waals surface area contributed by atoms with Crippen molar-refractivity contribution in [3.8, 4) is 16.9 Å². The Morgan fingerprint density at radius 2 is 2.00 bits per heavy atom. The van der Waals surface area contributed by atoms with Crippen molar-refractivity contribution in [2.45, 2.75) is 27.7 Å². The molecule has 4 rings (SSSR count). The standard InChI is InChI=1S/C25H24N2O4/c1-5-29-22-13-23-20(21(14-30-23)18-7-6-15(2)10-16(18)3)12-19(22)17(4)11-25(28)26-24-8-9-31-27-24/h6-14H,5H2,1-4H3,(H,26,27,28)/b17-11+. The zero-order valence-corrected chi connectivity index (χ0v) is 18.0. The van der Waals surface area contributed by atoms with Crippen LogP contribution in [0.5, 0.6) is 5.75 Å². The Kier molecular flexibility index (Phi) is 5.62. The lowest BCUT2D eigenvalue weighted by atomic mass is 9.96. The normalized spacial score (nSPS) is 11.7. The molecule has 0 saturated heterocycles. The molecule has 31 heavy (non-hydrogen) atoms. The minimum Gasteiger partial charge on any atom is -0.493 e. The lowest BCUT2D eigenvalue weighted by molar-refractivity contribution is -0.111. The Bertz CT molecular complexity index is 1270. The van der Waals surface area contributed by atoms with Gasteiger partial charge in [-0.2, -0.15) is 0 Å². The fourth-order valence-electron chi connectivity index (χ4n) is 3.68. The van der Waals surface area contributed by atoms with Gasteiger partial charge in [-0.3, -0.25) is 4.79 Å². The number of hydrogen-bond acceptors (Lipinski definition) is 5. The lowest BCUT2D eigenvalue weighted by Gasteiger charge is -2.12. The highest BCUT2D eigenvalue weighted by atomic mass is 16.5. The second-order valence-corrected chi connectivity index (χ2v) is 7.45. The summed E-state index contributed by atoms with van der Waals surface area (Å²) in [6, 6.07) is 11.8. The maximum absolute atomic E-state index is 12.4. The summed E-state index contributed by atoms with van der Waals surface area (Å²) in [6.07, 6.45) is 4.70. The van der Waals surface area contributed by atoms with Crippen LogP contribution in [0.3, 0.4) is 0 Å². The van der Waals surface area contributed by atoms with Crippen molar-refractivity contribution < 1.29 is 18.5 Å². The van der Waals surface area contributed by atoms with E-state index in [1.165, 1.54) is 23.5 Å². The number of carbonyl (C=O) groups excluding carboxylic acids is 1. The summed E-state index contributed by atoms with van der Waals surface area (Å²) in [4.78, 5) is 12.4. The maximum Gasteiger partial charge on any atom is 0.249 e. The molecule has 1 N–H and O–H groups in total. The third kappa shape index (κ3) is 4.23. The summed E-state index contributed by atoms with van der Waals surface area (Å²) in [7, 11) is 0. The van der Waals surface area contributed by atoms with Gasteiger partial charge in [-0.15, -0.1) is 0 Å². The van der Waals surface area contributed by atoms with Crippen molar-refractivity contribution in [2.75, 3.05) is 11.9 Å². The molecular weight excluding hydrogens is 392 g/mol. The molecule has 6 heteroatoms. The number of ether oxygens (including phenoxy) is 1. The molecule has 0 fully saturated rings. The average molecular weight is 416 g/mol. The van der Waals surface area contributed by atoms with Crippen molar-refractivity contribution in [1.29, 1.82) is 0 Å². The van der Waals surface area contributed by atoms with E-state index in [0.717, 1.165) is 33.2 Å². The van der Waals surface area contributed by atoms with E-state index in [1.807, 2.05) is 26.0 Å². The van der Waals surface area contributed by atoms with Crippen LogP contribution in [-0.4, -0.2) is 17.7 Å². The highest BCUT2D eigenvalue weighted by Gasteiger charge is 2.16. The number of aromatic nitrogens is 1. The number of allylic oxidation sites excluding steroid dienone is 1. The monoisotopic (exact) mass is 416 g/mol. The number of hydrogen-bond donors (Lipinski definition) is 1. The van der Waals surface area contributed by atoms with E-state index in [1.54, 1.807) is 12.3 Å². The van der Waals surface area contributed by atoms with Gasteiger partial charge in [0.05, 0.1) is 12.9 Å². The molecule has 0 unspecified atom stereocenters. The van der Waals surface area contributed by atoms with Crippen LogP contribution < -0.4 is 10.1 Å². The smallest absolute Gasteiger partial charge is 0.249 e. The predicted molar refractivity (Wildman–Crippen MR) is 121 cm³/mol. The van der Waals surface area contributed by atoms with Crippen LogP contribution in [0.2, 0.25) is 0 Å². The number of benzene rings is 2. The number of carbonyl (C=O) groups is 1. The Hall–Kier alpha value is -3.80. The topological polar surface area (TPSA) is 77.5 Å². The van der Waals surface area contributed by atoms with Crippen molar-refractivity contribution in [3.05, 3.63) is 71.7 Å². The minimum absolute atomic E-state index is 0.296. The van der Waals surface area contributed by atoms with Gasteiger partial charge in [0.15, 0.2) is 5.82 Å². The van der Waals surface area contributed by atoms with E-state index >= 15 is 0 Å². The maximum atomic E-state index is 12.4. The van der Waals surface area contributed by atoms with Crippen LogP contribution >= 0.6 is 0 Å². The number of furan rings is 1. The van der Waals surface area contributed by atoms with E-state index < -0.39 is 0 Å². The molecule has 158 valence electrons. The highest BCUT2D eigenvalue weighted by molar-refractivity contribution is 6.05. The van der Waals surface area contributed by atoms with Gasteiger partial charge in [-0.1, -0.05) is 28.9 Å². The SMILES string of the molecule is CCOc1cc2occ(-c3ccc(C)cc3C)c2cc1/C(C)=C/C(=O)Nc1ccon1. The first-order valence-electron chi connectivity index (χ1n) is 10.1. The van der Waals surface area contributed by atoms with Crippen molar-refractivity contribution >= 4 is 28.3 Å². The molecule has 6 nitrogen and oxygen atoms in total. The van der Waals surface area contributed by atoms with Crippen LogP contribution in [-0.2, 0) is 4.79 Å². The summed E-state index contributed by atoms with van der Waals surface area (Å²) in [5, 5.41) is 7.35. The molecule has 0 radical (unpaired) electrons. The fourth-order valence-corrected chi connectivity index (χ4v) is 3.68. The summed E-state index contributed by atoms with van der Waals surface area (Å²) in [5.74, 6) is 0.733. The fraction of sp³-hybridized carbons (Fsp3) is 0.200. The molecule has 0 aliphatic rings. The zero-order valence-electron chi connectivity index (χ0n) is 18.0. The van der Waals surface area contributed by atoms with Gasteiger partial charge in [0.2, 0.25) is 5.91 Å². The summed E-state index contributed by atoms with van der Waals surface area (Å²) in [6.45, 7) is 8.48. The first kappa shape index (κ1) is 20.5. The quantitative estimate of drug-likeness (QED) is 0.382. The number of nitrogens with one attached hydrogen (secondary N) is 1. The van der Waals surface area contributed by atoms with Gasteiger partial charge in [-0.05, 0) is 50.5 Å². The van der Waals surface area contributed by atoms with E-state index in [2.05, 4.69) is 42.5 Å². The predicted octanol–water partition coefficient (Wildman–Crippen LogP) is 6.15. The molecule has 1 amide bonds. The van der Waals surface area contributed by atoms with Crippen molar-refractivity contribution in [3.63, 3.8) is 0 Å². The minimum atomic E-state index is -0.296. The lowest BCUT2D eigenvalue weighted by Crippen LogP contribution is -2.09. The number of nitrogens with zero attached hydrogens (tertiary/aromatic N) is 1. The Morgan fingerprint density at radius 3 is 2.71 bits per heavy atom. The van der Waals surface area contributed by atoms with Crippen LogP contribution in [0.25, 0.3) is 27.7 Å². The van der Waals surface area contributed by atoms with Crippen LogP contribution in [0.4, 0.5) is 5.82 Å². The number of fused-ring (bicyclic) bond motifs is 1. The molecule has 0 bridgehead atoms. The van der Waals surface area contributed by atoms with Crippen LogP contribution in [0.1, 0.15) is 30.5 Å². The zero-order chi connectivity index (χ0) is 22.0. The molecule has 0 spiro atoms. The summed E-state index contributed by atoms with van der Waals surface area (Å²) >= 11 is 0. The van der Waals surface area contributed by atoms with Gasteiger partial charge in [0, 0.05) is 34.7 Å². The first-order valence-corrected chi connectivity index (χ1v) is 10.1. The van der Waals surface area contributed by atoms with Gasteiger partial charge < -0.3 is 19.0 Å². The van der Waals surface area contributed by atoms with Gasteiger partial charge in [0.1, 0.15) is 17.6 Å². The number of rotatable bonds is 6. The molecule has 0 atom stereocenters. The number of aryl methyl sites for hydroxylation is 2. The Balaban J connectivity index is 1.78. The van der Waals surface area contributed by atoms with Crippen LogP contribution in [0, 0.1) is 13.8 Å². The molecule has 0 aliphatic heterocycles. The third-order valence-electron chi connectivity index (χ3n) is 5.11. The van der Waals surface area contributed by atoms with Crippen LogP contribution in [0.15, 0.2) is 63.9 Å². The molecule has 0 saturated carbocycles. The molecule has 2 aromatic heterocycles. The van der Waals surface area contributed by atoms with E-state index in [-0.39, 0.29) is 5.91 Å². The van der Waals surface area contributed by atoms with Gasteiger partial charge >= 0.3 is 0 Å². The van der Waals surface area contributed by atoms with Gasteiger partial charge in [0.25, 0.3) is 0 Å². The van der Waals surface area contributed by atoms with E-state index in [4.69, 9.17) is 13.7 Å². The summed E-state index contributed by atoms with van der Waals surface area (Å²) < 4.78 is 16.5. The molecular formula is C25H24N2O4. The number of amides is 1. The third-order valence-corrected chi connectivity index (χ3v) is 5.11. The van der Waals surface area contributed by atoms with Crippen molar-refractivity contribution in [1.82, 2.24) is 5.16 Å². The average Bonchev–Trinajstić information content (AvgIpc) is 3.37. The second kappa shape index (κ2) is 8.52. The Labute approximate surface area is 180 Å². The largest absolute Gasteiger partial charge is 0.493 e.